The Morgan fingerprint density at radius 1 is 0.846 bits per heavy atom. The molecule has 0 saturated heterocycles. The molecule has 0 aromatic heterocycles. The van der Waals surface area contributed by atoms with E-state index in [-0.39, 0.29) is 5.91 Å². The van der Waals surface area contributed by atoms with Crippen LogP contribution in [0.1, 0.15) is 18.3 Å². The van der Waals surface area contributed by atoms with E-state index in [9.17, 15) is 14.5 Å². The van der Waals surface area contributed by atoms with E-state index in [0.29, 0.717) is 21.9 Å². The number of aliphatic hydroxyl groups excluding tert-OH is 1. The summed E-state index contributed by atoms with van der Waals surface area (Å²) in [6.07, 6.45) is 0. The Morgan fingerprint density at radius 2 is 1.31 bits per heavy atom. The third-order valence-corrected chi connectivity index (χ3v) is 7.27. The van der Waals surface area contributed by atoms with Gasteiger partial charge < -0.3 is 15.0 Å². The van der Waals surface area contributed by atoms with Crippen LogP contribution in [-0.4, -0.2) is 11.0 Å². The smallest absolute Gasteiger partial charge is 0.221 e. The number of rotatable bonds is 5. The summed E-state index contributed by atoms with van der Waals surface area (Å²) in [4.78, 5) is 11.2. The van der Waals surface area contributed by atoms with Crippen LogP contribution in [0.15, 0.2) is 84.9 Å². The second-order valence-corrected chi connectivity index (χ2v) is 8.84. The molecule has 0 spiro atoms. The highest BCUT2D eigenvalue weighted by molar-refractivity contribution is 7.78. The molecule has 132 valence electrons. The summed E-state index contributed by atoms with van der Waals surface area (Å²) in [5.74, 6) is -1.35. The van der Waals surface area contributed by atoms with Crippen LogP contribution in [0, 0.1) is 0 Å². The first-order chi connectivity index (χ1) is 12.5. The highest BCUT2D eigenvalue weighted by Gasteiger charge is 2.36. The van der Waals surface area contributed by atoms with Crippen molar-refractivity contribution in [3.05, 3.63) is 90.5 Å². The van der Waals surface area contributed by atoms with Gasteiger partial charge in [0.1, 0.15) is 5.85 Å². The van der Waals surface area contributed by atoms with Gasteiger partial charge >= 0.3 is 0 Å². The van der Waals surface area contributed by atoms with E-state index in [2.05, 4.69) is 5.32 Å². The van der Waals surface area contributed by atoms with Gasteiger partial charge in [-0.25, -0.2) is 0 Å². The molecule has 5 heteroatoms. The lowest BCUT2D eigenvalue weighted by Crippen LogP contribution is -2.21. The SMILES string of the molecule is CC(=O)Nc1ccc(C(O)P(=O)(c2ccccc2)c2ccccc2)cc1. The fraction of sp³-hybridized carbons (Fsp3) is 0.0952. The topological polar surface area (TPSA) is 66.4 Å². The van der Waals surface area contributed by atoms with Crippen LogP contribution in [-0.2, 0) is 9.36 Å². The standard InChI is InChI=1S/C21H20NO3P/c1-16(23)22-18-14-12-17(13-15-18)21(24)26(25,19-8-4-2-5-9-19)20-10-6-3-7-11-20/h2-15,21,24H,1H3,(H,22,23). The van der Waals surface area contributed by atoms with Gasteiger partial charge in [0, 0.05) is 23.2 Å². The first kappa shape index (κ1) is 18.1. The van der Waals surface area contributed by atoms with E-state index in [1.807, 2.05) is 36.4 Å². The monoisotopic (exact) mass is 365 g/mol. The van der Waals surface area contributed by atoms with Gasteiger partial charge in [0.25, 0.3) is 0 Å². The maximum Gasteiger partial charge on any atom is 0.221 e. The maximum absolute atomic E-state index is 14.1. The van der Waals surface area contributed by atoms with Gasteiger partial charge in [-0.1, -0.05) is 72.8 Å². The lowest BCUT2D eigenvalue weighted by Gasteiger charge is -2.25. The Labute approximate surface area is 152 Å². The molecular formula is C21H20NO3P. The predicted octanol–water partition coefficient (Wildman–Crippen LogP) is 3.65. The van der Waals surface area contributed by atoms with E-state index in [1.54, 1.807) is 48.5 Å². The third-order valence-electron chi connectivity index (χ3n) is 4.15. The normalized spacial score (nSPS) is 12.4. The van der Waals surface area contributed by atoms with Gasteiger partial charge in [-0.05, 0) is 17.7 Å². The molecule has 0 heterocycles. The van der Waals surface area contributed by atoms with Crippen LogP contribution in [0.25, 0.3) is 0 Å². The van der Waals surface area contributed by atoms with Crippen molar-refractivity contribution in [2.24, 2.45) is 0 Å². The number of amides is 1. The molecule has 3 aromatic rings. The average molecular weight is 365 g/mol. The summed E-state index contributed by atoms with van der Waals surface area (Å²) < 4.78 is 14.1. The van der Waals surface area contributed by atoms with Crippen molar-refractivity contribution in [1.82, 2.24) is 0 Å². The first-order valence-corrected chi connectivity index (χ1v) is 10.1. The second kappa shape index (κ2) is 7.69. The molecule has 1 atom stereocenters. The van der Waals surface area contributed by atoms with Crippen molar-refractivity contribution >= 4 is 29.3 Å². The number of hydrogen-bond donors (Lipinski definition) is 2. The van der Waals surface area contributed by atoms with Crippen molar-refractivity contribution in [1.29, 1.82) is 0 Å². The molecule has 0 bridgehead atoms. The van der Waals surface area contributed by atoms with E-state index in [1.165, 1.54) is 6.92 Å². The number of hydrogen-bond acceptors (Lipinski definition) is 3. The quantitative estimate of drug-likeness (QED) is 0.679. The van der Waals surface area contributed by atoms with E-state index in [4.69, 9.17) is 0 Å². The van der Waals surface area contributed by atoms with Crippen LogP contribution in [0.4, 0.5) is 5.69 Å². The number of anilines is 1. The van der Waals surface area contributed by atoms with Crippen molar-refractivity contribution in [2.75, 3.05) is 5.32 Å². The molecule has 0 aliphatic carbocycles. The highest BCUT2D eigenvalue weighted by Crippen LogP contribution is 2.55. The number of benzene rings is 3. The Balaban J connectivity index is 2.05. The molecule has 0 saturated carbocycles. The molecule has 1 unspecified atom stereocenters. The molecule has 3 aromatic carbocycles. The van der Waals surface area contributed by atoms with Crippen molar-refractivity contribution in [3.63, 3.8) is 0 Å². The Hall–Kier alpha value is -2.68. The van der Waals surface area contributed by atoms with Gasteiger partial charge in [-0.3, -0.25) is 4.79 Å². The van der Waals surface area contributed by atoms with Crippen LogP contribution >= 0.6 is 7.14 Å². The molecule has 2 N–H and O–H groups in total. The van der Waals surface area contributed by atoms with Crippen molar-refractivity contribution < 1.29 is 14.5 Å². The third kappa shape index (κ3) is 3.62. The molecule has 26 heavy (non-hydrogen) atoms. The minimum atomic E-state index is -3.31. The fourth-order valence-electron chi connectivity index (χ4n) is 2.88. The Bertz CT molecular complexity index is 881. The number of nitrogens with one attached hydrogen (secondary N) is 1. The summed E-state index contributed by atoms with van der Waals surface area (Å²) in [6.45, 7) is 1.43. The predicted molar refractivity (Wildman–Crippen MR) is 105 cm³/mol. The van der Waals surface area contributed by atoms with Crippen LogP contribution in [0.3, 0.4) is 0 Å². The molecule has 4 nitrogen and oxygen atoms in total. The Kier molecular flexibility index (Phi) is 5.36. The summed E-state index contributed by atoms with van der Waals surface area (Å²) in [5.41, 5.74) is 1.16. The highest BCUT2D eigenvalue weighted by atomic mass is 31.2. The van der Waals surface area contributed by atoms with Gasteiger partial charge in [0.05, 0.1) is 0 Å². The zero-order chi connectivity index (χ0) is 18.6. The molecular weight excluding hydrogens is 345 g/mol. The van der Waals surface area contributed by atoms with Gasteiger partial charge in [0.2, 0.25) is 5.91 Å². The largest absolute Gasteiger partial charge is 0.380 e. The molecule has 0 radical (unpaired) electrons. The molecule has 0 fully saturated rings. The zero-order valence-corrected chi connectivity index (χ0v) is 15.3. The number of carbonyl (C=O) groups is 1. The van der Waals surface area contributed by atoms with Crippen molar-refractivity contribution in [2.45, 2.75) is 12.8 Å². The lowest BCUT2D eigenvalue weighted by atomic mass is 10.2. The van der Waals surface area contributed by atoms with Crippen molar-refractivity contribution in [3.8, 4) is 0 Å². The van der Waals surface area contributed by atoms with Gasteiger partial charge in [0.15, 0.2) is 7.14 Å². The summed E-state index contributed by atoms with van der Waals surface area (Å²) >= 11 is 0. The molecule has 3 rings (SSSR count). The Morgan fingerprint density at radius 3 is 1.73 bits per heavy atom. The molecule has 0 aliphatic heterocycles. The molecule has 1 amide bonds. The summed E-state index contributed by atoms with van der Waals surface area (Å²) in [5, 5.41) is 15.0. The maximum atomic E-state index is 14.1. The number of carbonyl (C=O) groups excluding carboxylic acids is 1. The summed E-state index contributed by atoms with van der Waals surface area (Å²) in [6, 6.07) is 24.9. The van der Waals surface area contributed by atoms with Crippen LogP contribution < -0.4 is 15.9 Å². The van der Waals surface area contributed by atoms with Crippen LogP contribution in [0.5, 0.6) is 0 Å². The summed E-state index contributed by atoms with van der Waals surface area (Å²) in [7, 11) is -3.31. The van der Waals surface area contributed by atoms with Gasteiger partial charge in [-0.2, -0.15) is 0 Å². The van der Waals surface area contributed by atoms with E-state index in [0.717, 1.165) is 0 Å². The lowest BCUT2D eigenvalue weighted by molar-refractivity contribution is -0.114. The first-order valence-electron chi connectivity index (χ1n) is 8.28. The van der Waals surface area contributed by atoms with E-state index < -0.39 is 13.0 Å². The van der Waals surface area contributed by atoms with Crippen LogP contribution in [0.2, 0.25) is 0 Å². The average Bonchev–Trinajstić information content (AvgIpc) is 2.68. The fourth-order valence-corrected chi connectivity index (χ4v) is 5.57. The number of aliphatic hydroxyl groups is 1. The minimum absolute atomic E-state index is 0.169. The minimum Gasteiger partial charge on any atom is -0.380 e. The van der Waals surface area contributed by atoms with E-state index >= 15 is 0 Å². The van der Waals surface area contributed by atoms with Gasteiger partial charge in [-0.15, -0.1) is 0 Å². The molecule has 0 aliphatic rings. The zero-order valence-electron chi connectivity index (χ0n) is 14.4. The second-order valence-electron chi connectivity index (χ2n) is 6.01.